The monoisotopic (exact) mass is 452 g/mol. The van der Waals surface area contributed by atoms with Crippen LogP contribution in [0.25, 0.3) is 22.0 Å². The molecular weight excluding hydrogens is 428 g/mol. The first-order valence-corrected chi connectivity index (χ1v) is 11.1. The number of hydrogen-bond donors (Lipinski definition) is 0. The third-order valence-electron chi connectivity index (χ3n) is 6.09. The van der Waals surface area contributed by atoms with Gasteiger partial charge in [0.1, 0.15) is 17.8 Å². The lowest BCUT2D eigenvalue weighted by Crippen LogP contribution is -2.26. The predicted octanol–water partition coefficient (Wildman–Crippen LogP) is 4.99. The van der Waals surface area contributed by atoms with Crippen LogP contribution in [0.1, 0.15) is 17.9 Å². The van der Waals surface area contributed by atoms with Crippen LogP contribution >= 0.6 is 0 Å². The molecule has 7 heteroatoms. The fourth-order valence-corrected chi connectivity index (χ4v) is 4.44. The first kappa shape index (κ1) is 21.6. The highest BCUT2D eigenvalue weighted by molar-refractivity contribution is 5.89. The van der Waals surface area contributed by atoms with Gasteiger partial charge in [-0.25, -0.2) is 15.0 Å². The maximum atomic E-state index is 12.1. The summed E-state index contributed by atoms with van der Waals surface area (Å²) in [6.07, 6.45) is 7.32. The fourth-order valence-electron chi connectivity index (χ4n) is 4.44. The summed E-state index contributed by atoms with van der Waals surface area (Å²) in [4.78, 5) is 27.0. The molecule has 0 saturated carbocycles. The first-order chi connectivity index (χ1) is 16.7. The second-order valence-electron chi connectivity index (χ2n) is 8.13. The van der Waals surface area contributed by atoms with E-state index in [4.69, 9.17) is 9.47 Å². The van der Waals surface area contributed by atoms with Crippen molar-refractivity contribution in [3.8, 4) is 28.5 Å². The highest BCUT2D eigenvalue weighted by atomic mass is 16.5. The Balaban J connectivity index is 1.54. The number of likely N-dealkylation sites (tertiary alicyclic amines) is 1. The number of pyridine rings is 1. The van der Waals surface area contributed by atoms with Crippen molar-refractivity contribution in [3.05, 3.63) is 85.5 Å². The van der Waals surface area contributed by atoms with E-state index in [1.807, 2.05) is 41.4 Å². The molecule has 1 aliphatic rings. The third-order valence-corrected chi connectivity index (χ3v) is 6.09. The predicted molar refractivity (Wildman–Crippen MR) is 130 cm³/mol. The highest BCUT2D eigenvalue weighted by Crippen LogP contribution is 2.39. The standard InChI is InChI=1S/C27H24N4O3/c1-3-26(32)31-11-9-18(16-31)23-13-19(12-20-15-28-17-30-27(20)23)22-8-7-21(14-24(22)33-2)34-25-6-4-5-10-29-25/h3-8,10,12-15,17-18H,1,9,11,16H2,2H3. The average molecular weight is 453 g/mol. The van der Waals surface area contributed by atoms with E-state index in [0.717, 1.165) is 34.0 Å². The zero-order chi connectivity index (χ0) is 23.5. The highest BCUT2D eigenvalue weighted by Gasteiger charge is 2.28. The van der Waals surface area contributed by atoms with Crippen molar-refractivity contribution in [1.29, 1.82) is 0 Å². The number of ether oxygens (including phenoxy) is 2. The van der Waals surface area contributed by atoms with Crippen LogP contribution in [-0.4, -0.2) is 46.0 Å². The van der Waals surface area contributed by atoms with Crippen molar-refractivity contribution in [2.75, 3.05) is 20.2 Å². The van der Waals surface area contributed by atoms with E-state index in [1.54, 1.807) is 25.7 Å². The molecule has 170 valence electrons. The first-order valence-electron chi connectivity index (χ1n) is 11.1. The Kier molecular flexibility index (Phi) is 5.91. The minimum Gasteiger partial charge on any atom is -0.496 e. The third kappa shape index (κ3) is 4.20. The van der Waals surface area contributed by atoms with Gasteiger partial charge in [0.15, 0.2) is 0 Å². The second kappa shape index (κ2) is 9.31. The number of rotatable bonds is 6. The van der Waals surface area contributed by atoms with Crippen LogP contribution < -0.4 is 9.47 Å². The fraction of sp³-hybridized carbons (Fsp3) is 0.185. The Labute approximate surface area is 197 Å². The molecule has 1 fully saturated rings. The van der Waals surface area contributed by atoms with Gasteiger partial charge in [0, 0.05) is 54.5 Å². The van der Waals surface area contributed by atoms with Gasteiger partial charge in [0.2, 0.25) is 11.8 Å². The molecule has 1 amide bonds. The Hall–Kier alpha value is -4.26. The normalized spacial score (nSPS) is 15.3. The smallest absolute Gasteiger partial charge is 0.245 e. The molecule has 5 rings (SSSR count). The van der Waals surface area contributed by atoms with E-state index >= 15 is 0 Å². The number of aromatic nitrogens is 3. The van der Waals surface area contributed by atoms with Crippen LogP contribution in [0, 0.1) is 0 Å². The molecule has 7 nitrogen and oxygen atoms in total. The van der Waals surface area contributed by atoms with Gasteiger partial charge in [-0.05, 0) is 54.0 Å². The SMILES string of the molecule is C=CC(=O)N1CCC(c2cc(-c3ccc(Oc4ccccn4)cc3OC)cc3cncnc23)C1. The zero-order valence-corrected chi connectivity index (χ0v) is 18.8. The van der Waals surface area contributed by atoms with Crippen LogP contribution in [0.5, 0.6) is 17.4 Å². The van der Waals surface area contributed by atoms with Crippen molar-refractivity contribution in [3.63, 3.8) is 0 Å². The molecule has 3 heterocycles. The van der Waals surface area contributed by atoms with Gasteiger partial charge < -0.3 is 14.4 Å². The largest absolute Gasteiger partial charge is 0.496 e. The molecule has 0 radical (unpaired) electrons. The number of carbonyl (C=O) groups is 1. The summed E-state index contributed by atoms with van der Waals surface area (Å²) in [5, 5.41) is 0.944. The van der Waals surface area contributed by atoms with Gasteiger partial charge in [0.25, 0.3) is 0 Å². The molecule has 0 aliphatic carbocycles. The van der Waals surface area contributed by atoms with E-state index in [9.17, 15) is 4.79 Å². The second-order valence-corrected chi connectivity index (χ2v) is 8.13. The summed E-state index contributed by atoms with van der Waals surface area (Å²) in [6.45, 7) is 4.96. The minimum absolute atomic E-state index is 0.0391. The topological polar surface area (TPSA) is 77.4 Å². The molecule has 1 aliphatic heterocycles. The zero-order valence-electron chi connectivity index (χ0n) is 18.8. The van der Waals surface area contributed by atoms with Crippen LogP contribution in [0.4, 0.5) is 0 Å². The van der Waals surface area contributed by atoms with Crippen molar-refractivity contribution >= 4 is 16.8 Å². The van der Waals surface area contributed by atoms with Gasteiger partial charge in [-0.15, -0.1) is 0 Å². The lowest BCUT2D eigenvalue weighted by Gasteiger charge is -2.18. The van der Waals surface area contributed by atoms with Gasteiger partial charge in [-0.1, -0.05) is 12.6 Å². The van der Waals surface area contributed by atoms with E-state index in [0.29, 0.717) is 30.5 Å². The van der Waals surface area contributed by atoms with Crippen LogP contribution in [0.2, 0.25) is 0 Å². The number of nitrogens with zero attached hydrogens (tertiary/aromatic N) is 4. The molecule has 1 saturated heterocycles. The molecule has 1 unspecified atom stereocenters. The number of carbonyl (C=O) groups excluding carboxylic acids is 1. The maximum absolute atomic E-state index is 12.1. The summed E-state index contributed by atoms with van der Waals surface area (Å²) >= 11 is 0. The maximum Gasteiger partial charge on any atom is 0.245 e. The van der Waals surface area contributed by atoms with E-state index in [2.05, 4.69) is 33.7 Å². The van der Waals surface area contributed by atoms with Gasteiger partial charge in [-0.2, -0.15) is 0 Å². The van der Waals surface area contributed by atoms with E-state index < -0.39 is 0 Å². The number of methoxy groups -OCH3 is 1. The minimum atomic E-state index is -0.0391. The molecule has 2 aromatic carbocycles. The quantitative estimate of drug-likeness (QED) is 0.384. The molecule has 1 atom stereocenters. The van der Waals surface area contributed by atoms with E-state index in [-0.39, 0.29) is 11.8 Å². The number of amides is 1. The van der Waals surface area contributed by atoms with Crippen molar-refractivity contribution in [1.82, 2.24) is 19.9 Å². The molecule has 2 aromatic heterocycles. The summed E-state index contributed by atoms with van der Waals surface area (Å²) in [5.74, 6) is 1.98. The Bertz CT molecular complexity index is 1360. The average Bonchev–Trinajstić information content (AvgIpc) is 3.38. The number of hydrogen-bond acceptors (Lipinski definition) is 6. The van der Waals surface area contributed by atoms with Crippen molar-refractivity contribution < 1.29 is 14.3 Å². The van der Waals surface area contributed by atoms with Crippen LogP contribution in [0.3, 0.4) is 0 Å². The summed E-state index contributed by atoms with van der Waals surface area (Å²) in [7, 11) is 1.64. The molecule has 0 bridgehead atoms. The molecule has 34 heavy (non-hydrogen) atoms. The summed E-state index contributed by atoms with van der Waals surface area (Å²) in [5.41, 5.74) is 3.93. The molecule has 4 aromatic rings. The van der Waals surface area contributed by atoms with Gasteiger partial charge >= 0.3 is 0 Å². The Morgan fingerprint density at radius 1 is 1.18 bits per heavy atom. The summed E-state index contributed by atoms with van der Waals surface area (Å²) < 4.78 is 11.6. The number of fused-ring (bicyclic) bond motifs is 1. The number of benzene rings is 2. The lowest BCUT2D eigenvalue weighted by atomic mass is 9.91. The van der Waals surface area contributed by atoms with Gasteiger partial charge in [-0.3, -0.25) is 4.79 Å². The summed E-state index contributed by atoms with van der Waals surface area (Å²) in [6, 6.07) is 15.5. The Morgan fingerprint density at radius 3 is 2.88 bits per heavy atom. The van der Waals surface area contributed by atoms with Crippen molar-refractivity contribution in [2.45, 2.75) is 12.3 Å². The van der Waals surface area contributed by atoms with Crippen molar-refractivity contribution in [2.24, 2.45) is 0 Å². The van der Waals surface area contributed by atoms with Crippen LogP contribution in [0.15, 0.2) is 79.9 Å². The molecular formula is C27H24N4O3. The Morgan fingerprint density at radius 2 is 2.09 bits per heavy atom. The molecule has 0 N–H and O–H groups in total. The van der Waals surface area contributed by atoms with Gasteiger partial charge in [0.05, 0.1) is 12.6 Å². The van der Waals surface area contributed by atoms with E-state index in [1.165, 1.54) is 6.08 Å². The lowest BCUT2D eigenvalue weighted by molar-refractivity contribution is -0.125. The van der Waals surface area contributed by atoms with Crippen LogP contribution in [-0.2, 0) is 4.79 Å². The molecule has 0 spiro atoms.